The standard InChI is InChI=1S/C16H14S/c1-11(2)9-12-7-8-16-14(10-12)13-5-3-4-6-15(13)17-16/h3-8,10H,1,9H2,2H3. The van der Waals surface area contributed by atoms with Gasteiger partial charge in [0.1, 0.15) is 0 Å². The Morgan fingerprint density at radius 2 is 1.82 bits per heavy atom. The summed E-state index contributed by atoms with van der Waals surface area (Å²) in [5, 5.41) is 2.75. The summed E-state index contributed by atoms with van der Waals surface area (Å²) in [4.78, 5) is 0. The minimum atomic E-state index is 0.972. The van der Waals surface area contributed by atoms with Crippen LogP contribution in [-0.2, 0) is 6.42 Å². The molecule has 0 saturated carbocycles. The molecular weight excluding hydrogens is 224 g/mol. The highest BCUT2D eigenvalue weighted by molar-refractivity contribution is 7.25. The Morgan fingerprint density at radius 3 is 2.65 bits per heavy atom. The highest BCUT2D eigenvalue weighted by Gasteiger charge is 2.04. The third-order valence-corrected chi connectivity index (χ3v) is 4.10. The molecule has 0 fully saturated rings. The lowest BCUT2D eigenvalue weighted by Crippen LogP contribution is -1.84. The molecule has 1 heterocycles. The Bertz CT molecular complexity index is 704. The van der Waals surface area contributed by atoms with E-state index >= 15 is 0 Å². The average Bonchev–Trinajstić information content (AvgIpc) is 2.66. The van der Waals surface area contributed by atoms with Gasteiger partial charge in [-0.25, -0.2) is 0 Å². The van der Waals surface area contributed by atoms with Gasteiger partial charge in [0, 0.05) is 20.2 Å². The lowest BCUT2D eigenvalue weighted by Gasteiger charge is -2.00. The lowest BCUT2D eigenvalue weighted by atomic mass is 10.0. The fraction of sp³-hybridized carbons (Fsp3) is 0.125. The Balaban J connectivity index is 2.26. The van der Waals surface area contributed by atoms with Crippen LogP contribution in [0.4, 0.5) is 0 Å². The first-order chi connectivity index (χ1) is 8.24. The normalized spacial score (nSPS) is 11.1. The maximum absolute atomic E-state index is 3.98. The van der Waals surface area contributed by atoms with Crippen LogP contribution >= 0.6 is 11.3 Å². The van der Waals surface area contributed by atoms with Gasteiger partial charge in [-0.15, -0.1) is 11.3 Å². The summed E-state index contributed by atoms with van der Waals surface area (Å²) < 4.78 is 2.74. The maximum atomic E-state index is 3.98. The van der Waals surface area contributed by atoms with Crippen molar-refractivity contribution in [3.05, 3.63) is 60.2 Å². The van der Waals surface area contributed by atoms with Crippen LogP contribution in [0.1, 0.15) is 12.5 Å². The number of hydrogen-bond donors (Lipinski definition) is 0. The lowest BCUT2D eigenvalue weighted by molar-refractivity contribution is 1.16. The molecule has 0 N–H and O–H groups in total. The van der Waals surface area contributed by atoms with Crippen LogP contribution in [-0.4, -0.2) is 0 Å². The van der Waals surface area contributed by atoms with Crippen LogP contribution in [0, 0.1) is 0 Å². The van der Waals surface area contributed by atoms with Crippen LogP contribution in [0.25, 0.3) is 20.2 Å². The number of fused-ring (bicyclic) bond motifs is 3. The fourth-order valence-electron chi connectivity index (χ4n) is 2.23. The highest BCUT2D eigenvalue weighted by atomic mass is 32.1. The summed E-state index contributed by atoms with van der Waals surface area (Å²) in [6.45, 7) is 6.06. The first-order valence-electron chi connectivity index (χ1n) is 5.78. The van der Waals surface area contributed by atoms with Crippen molar-refractivity contribution < 1.29 is 0 Å². The second kappa shape index (κ2) is 4.01. The largest absolute Gasteiger partial charge is 0.135 e. The van der Waals surface area contributed by atoms with E-state index < -0.39 is 0 Å². The van der Waals surface area contributed by atoms with Gasteiger partial charge in [-0.1, -0.05) is 36.4 Å². The SMILES string of the molecule is C=C(C)Cc1ccc2sc3ccccc3c2c1. The molecule has 1 heteroatoms. The molecule has 1 aromatic heterocycles. The Hall–Kier alpha value is -1.60. The monoisotopic (exact) mass is 238 g/mol. The van der Waals surface area contributed by atoms with Crippen LogP contribution < -0.4 is 0 Å². The maximum Gasteiger partial charge on any atom is 0.0355 e. The molecule has 17 heavy (non-hydrogen) atoms. The zero-order chi connectivity index (χ0) is 11.8. The van der Waals surface area contributed by atoms with E-state index in [0.29, 0.717) is 0 Å². The van der Waals surface area contributed by atoms with Gasteiger partial charge in [0.2, 0.25) is 0 Å². The smallest absolute Gasteiger partial charge is 0.0355 e. The highest BCUT2D eigenvalue weighted by Crippen LogP contribution is 2.34. The van der Waals surface area contributed by atoms with E-state index in [2.05, 4.69) is 56.0 Å². The quantitative estimate of drug-likeness (QED) is 0.540. The van der Waals surface area contributed by atoms with Gasteiger partial charge in [-0.05, 0) is 37.1 Å². The molecule has 0 amide bonds. The van der Waals surface area contributed by atoms with Crippen LogP contribution in [0.15, 0.2) is 54.6 Å². The molecule has 3 rings (SSSR count). The predicted octanol–water partition coefficient (Wildman–Crippen LogP) is 5.17. The third-order valence-electron chi connectivity index (χ3n) is 2.95. The van der Waals surface area contributed by atoms with Gasteiger partial charge in [-0.3, -0.25) is 0 Å². The number of benzene rings is 2. The summed E-state index contributed by atoms with van der Waals surface area (Å²) in [6.07, 6.45) is 0.972. The zero-order valence-corrected chi connectivity index (χ0v) is 10.7. The minimum Gasteiger partial charge on any atom is -0.135 e. The number of thiophene rings is 1. The van der Waals surface area contributed by atoms with E-state index in [-0.39, 0.29) is 0 Å². The molecule has 0 aliphatic carbocycles. The molecule has 0 unspecified atom stereocenters. The van der Waals surface area contributed by atoms with E-state index in [4.69, 9.17) is 0 Å². The first-order valence-corrected chi connectivity index (χ1v) is 6.60. The Kier molecular flexibility index (Phi) is 2.49. The summed E-state index contributed by atoms with van der Waals surface area (Å²) in [6, 6.07) is 15.4. The predicted molar refractivity (Wildman–Crippen MR) is 77.8 cm³/mol. The Morgan fingerprint density at radius 1 is 1.06 bits per heavy atom. The van der Waals surface area contributed by atoms with Crippen molar-refractivity contribution in [2.45, 2.75) is 13.3 Å². The summed E-state index contributed by atoms with van der Waals surface area (Å²) in [5.74, 6) is 0. The van der Waals surface area contributed by atoms with Crippen LogP contribution in [0.2, 0.25) is 0 Å². The van der Waals surface area contributed by atoms with Crippen LogP contribution in [0.5, 0.6) is 0 Å². The van der Waals surface area contributed by atoms with Crippen molar-refractivity contribution in [3.8, 4) is 0 Å². The molecule has 2 aromatic carbocycles. The van der Waals surface area contributed by atoms with Gasteiger partial charge in [0.25, 0.3) is 0 Å². The van der Waals surface area contributed by atoms with Crippen molar-refractivity contribution in [3.63, 3.8) is 0 Å². The van der Waals surface area contributed by atoms with Crippen molar-refractivity contribution >= 4 is 31.5 Å². The fourth-order valence-corrected chi connectivity index (χ4v) is 3.32. The van der Waals surface area contributed by atoms with Crippen molar-refractivity contribution in [1.82, 2.24) is 0 Å². The third kappa shape index (κ3) is 1.87. The summed E-state index contributed by atoms with van der Waals surface area (Å²) >= 11 is 1.87. The summed E-state index contributed by atoms with van der Waals surface area (Å²) in [7, 11) is 0. The van der Waals surface area contributed by atoms with Gasteiger partial charge in [-0.2, -0.15) is 0 Å². The van der Waals surface area contributed by atoms with E-state index in [1.165, 1.54) is 31.3 Å². The molecular formula is C16H14S. The average molecular weight is 238 g/mol. The van der Waals surface area contributed by atoms with Gasteiger partial charge >= 0.3 is 0 Å². The van der Waals surface area contributed by atoms with E-state index in [9.17, 15) is 0 Å². The molecule has 0 saturated heterocycles. The first kappa shape index (κ1) is 10.5. The molecule has 0 aliphatic rings. The van der Waals surface area contributed by atoms with Gasteiger partial charge in [0.15, 0.2) is 0 Å². The van der Waals surface area contributed by atoms with Gasteiger partial charge < -0.3 is 0 Å². The van der Waals surface area contributed by atoms with E-state index in [1.54, 1.807) is 0 Å². The molecule has 84 valence electrons. The Labute approximate surface area is 105 Å². The topological polar surface area (TPSA) is 0 Å². The molecule has 0 bridgehead atoms. The molecule has 0 aliphatic heterocycles. The number of allylic oxidation sites excluding steroid dienone is 1. The van der Waals surface area contributed by atoms with Crippen molar-refractivity contribution in [2.75, 3.05) is 0 Å². The second-order valence-electron chi connectivity index (χ2n) is 4.56. The molecule has 0 spiro atoms. The molecule has 0 nitrogen and oxygen atoms in total. The van der Waals surface area contributed by atoms with Crippen LogP contribution in [0.3, 0.4) is 0 Å². The molecule has 0 atom stereocenters. The molecule has 3 aromatic rings. The van der Waals surface area contributed by atoms with Crippen molar-refractivity contribution in [2.24, 2.45) is 0 Å². The molecule has 0 radical (unpaired) electrons. The van der Waals surface area contributed by atoms with Crippen molar-refractivity contribution in [1.29, 1.82) is 0 Å². The summed E-state index contributed by atoms with van der Waals surface area (Å²) in [5.41, 5.74) is 2.57. The zero-order valence-electron chi connectivity index (χ0n) is 9.86. The number of rotatable bonds is 2. The number of hydrogen-bond acceptors (Lipinski definition) is 1. The minimum absolute atomic E-state index is 0.972. The second-order valence-corrected chi connectivity index (χ2v) is 5.65. The van der Waals surface area contributed by atoms with E-state index in [1.807, 2.05) is 11.3 Å². The van der Waals surface area contributed by atoms with E-state index in [0.717, 1.165) is 6.42 Å². The van der Waals surface area contributed by atoms with Gasteiger partial charge in [0.05, 0.1) is 0 Å².